The van der Waals surface area contributed by atoms with E-state index in [2.05, 4.69) is 22.9 Å². The fraction of sp³-hybridized carbons (Fsp3) is 0.273. The van der Waals surface area contributed by atoms with Gasteiger partial charge in [0.25, 0.3) is 0 Å². The Hall–Kier alpha value is -1.32. The van der Waals surface area contributed by atoms with E-state index in [4.69, 9.17) is 11.5 Å². The van der Waals surface area contributed by atoms with Crippen molar-refractivity contribution < 1.29 is 0 Å². The smallest absolute Gasteiger partial charge is 0.0481 e. The van der Waals surface area contributed by atoms with E-state index in [0.29, 0.717) is 6.54 Å². The summed E-state index contributed by atoms with van der Waals surface area (Å²) in [5.74, 6) is 0. The largest absolute Gasteiger partial charge is 0.350 e. The third-order valence-corrected chi connectivity index (χ3v) is 2.58. The van der Waals surface area contributed by atoms with E-state index >= 15 is 0 Å². The van der Waals surface area contributed by atoms with Crippen molar-refractivity contribution in [2.75, 3.05) is 6.54 Å². The van der Waals surface area contributed by atoms with E-state index in [-0.39, 0.29) is 6.04 Å². The molecule has 0 aliphatic rings. The predicted molar refractivity (Wildman–Crippen MR) is 58.9 cm³/mol. The van der Waals surface area contributed by atoms with Crippen LogP contribution in [-0.4, -0.2) is 11.1 Å². The molecule has 0 radical (unpaired) electrons. The van der Waals surface area contributed by atoms with Gasteiger partial charge >= 0.3 is 0 Å². The van der Waals surface area contributed by atoms with Gasteiger partial charge in [-0.1, -0.05) is 18.2 Å². The van der Waals surface area contributed by atoms with Gasteiger partial charge in [-0.3, -0.25) is 0 Å². The molecule has 1 atom stereocenters. The zero-order valence-corrected chi connectivity index (χ0v) is 8.27. The summed E-state index contributed by atoms with van der Waals surface area (Å²) in [6, 6.07) is 8.15. The second-order valence-corrected chi connectivity index (χ2v) is 3.55. The summed E-state index contributed by atoms with van der Waals surface area (Å²) in [6.45, 7) is 0.480. The van der Waals surface area contributed by atoms with Crippen molar-refractivity contribution in [3.05, 3.63) is 36.0 Å². The molecule has 2 rings (SSSR count). The molecule has 1 heterocycles. The highest BCUT2D eigenvalue weighted by atomic mass is 14.9. The second-order valence-electron chi connectivity index (χ2n) is 3.55. The molecule has 2 aromatic rings. The monoisotopic (exact) mass is 189 g/mol. The maximum atomic E-state index is 5.94. The lowest BCUT2D eigenvalue weighted by Gasteiger charge is -2.06. The van der Waals surface area contributed by atoms with Crippen LogP contribution in [0.25, 0.3) is 10.9 Å². The van der Waals surface area contributed by atoms with Gasteiger partial charge in [-0.05, 0) is 11.6 Å². The van der Waals surface area contributed by atoms with Gasteiger partial charge in [0.2, 0.25) is 0 Å². The molecule has 74 valence electrons. The maximum Gasteiger partial charge on any atom is 0.0481 e. The first kappa shape index (κ1) is 9.24. The molecule has 0 bridgehead atoms. The molecule has 0 aliphatic heterocycles. The van der Waals surface area contributed by atoms with E-state index in [0.717, 1.165) is 5.56 Å². The van der Waals surface area contributed by atoms with E-state index in [1.165, 1.54) is 10.9 Å². The average Bonchev–Trinajstić information content (AvgIpc) is 2.56. The fourth-order valence-corrected chi connectivity index (χ4v) is 1.80. The van der Waals surface area contributed by atoms with E-state index in [1.54, 1.807) is 0 Å². The lowest BCUT2D eigenvalue weighted by molar-refractivity contribution is 0.738. The van der Waals surface area contributed by atoms with Crippen LogP contribution in [0, 0.1) is 0 Å². The van der Waals surface area contributed by atoms with Crippen LogP contribution in [-0.2, 0) is 7.05 Å². The molecule has 3 heteroatoms. The molecule has 3 nitrogen and oxygen atoms in total. The molecule has 14 heavy (non-hydrogen) atoms. The van der Waals surface area contributed by atoms with Gasteiger partial charge in [0.05, 0.1) is 0 Å². The lowest BCUT2D eigenvalue weighted by Crippen LogP contribution is -2.20. The molecule has 0 spiro atoms. The zero-order chi connectivity index (χ0) is 10.1. The Morgan fingerprint density at radius 2 is 2.07 bits per heavy atom. The van der Waals surface area contributed by atoms with Gasteiger partial charge in [0, 0.05) is 36.7 Å². The molecule has 0 aliphatic carbocycles. The Morgan fingerprint density at radius 3 is 2.79 bits per heavy atom. The van der Waals surface area contributed by atoms with Crippen LogP contribution >= 0.6 is 0 Å². The van der Waals surface area contributed by atoms with Crippen LogP contribution in [0.1, 0.15) is 11.6 Å². The quantitative estimate of drug-likeness (QED) is 0.744. The van der Waals surface area contributed by atoms with Crippen molar-refractivity contribution in [2.24, 2.45) is 18.5 Å². The van der Waals surface area contributed by atoms with Gasteiger partial charge in [0.15, 0.2) is 0 Å². The van der Waals surface area contributed by atoms with Crippen LogP contribution < -0.4 is 11.5 Å². The maximum absolute atomic E-state index is 5.94. The number of aromatic nitrogens is 1. The molecule has 0 saturated heterocycles. The van der Waals surface area contributed by atoms with Crippen molar-refractivity contribution in [1.82, 2.24) is 4.57 Å². The SMILES string of the molecule is Cn1cc([C@@H](N)CN)c2ccccc21. The van der Waals surface area contributed by atoms with E-state index in [9.17, 15) is 0 Å². The summed E-state index contributed by atoms with van der Waals surface area (Å²) in [5.41, 5.74) is 13.8. The number of hydrogen-bond donors (Lipinski definition) is 2. The Balaban J connectivity index is 2.66. The summed E-state index contributed by atoms with van der Waals surface area (Å²) in [5, 5.41) is 1.20. The van der Waals surface area contributed by atoms with Crippen LogP contribution in [0.5, 0.6) is 0 Å². The summed E-state index contributed by atoms with van der Waals surface area (Å²) in [6.07, 6.45) is 2.06. The molecule has 1 aromatic carbocycles. The molecule has 0 fully saturated rings. The molecule has 4 N–H and O–H groups in total. The standard InChI is InChI=1S/C11H15N3/c1-14-7-9(10(13)6-12)8-4-2-3-5-11(8)14/h2-5,7,10H,6,12-13H2,1H3/t10-/m0/s1. The predicted octanol–water partition coefficient (Wildman–Crippen LogP) is 1.14. The van der Waals surface area contributed by atoms with Gasteiger partial charge in [0.1, 0.15) is 0 Å². The molecule has 0 amide bonds. The summed E-state index contributed by atoms with van der Waals surface area (Å²) >= 11 is 0. The lowest BCUT2D eigenvalue weighted by atomic mass is 10.1. The molecule has 0 unspecified atom stereocenters. The zero-order valence-electron chi connectivity index (χ0n) is 8.27. The molecule has 0 saturated carbocycles. The highest BCUT2D eigenvalue weighted by Gasteiger charge is 2.10. The Morgan fingerprint density at radius 1 is 1.36 bits per heavy atom. The first-order valence-electron chi connectivity index (χ1n) is 4.73. The third kappa shape index (κ3) is 1.31. The van der Waals surface area contributed by atoms with E-state index in [1.807, 2.05) is 19.2 Å². The van der Waals surface area contributed by atoms with Crippen molar-refractivity contribution in [3.63, 3.8) is 0 Å². The fourth-order valence-electron chi connectivity index (χ4n) is 1.80. The van der Waals surface area contributed by atoms with Gasteiger partial charge < -0.3 is 16.0 Å². The van der Waals surface area contributed by atoms with Gasteiger partial charge in [-0.2, -0.15) is 0 Å². The first-order chi connectivity index (χ1) is 6.74. The molecular formula is C11H15N3. The molecule has 1 aromatic heterocycles. The summed E-state index contributed by atoms with van der Waals surface area (Å²) in [7, 11) is 2.02. The minimum atomic E-state index is -0.0684. The van der Waals surface area contributed by atoms with Crippen molar-refractivity contribution in [1.29, 1.82) is 0 Å². The highest BCUT2D eigenvalue weighted by Crippen LogP contribution is 2.23. The number of hydrogen-bond acceptors (Lipinski definition) is 2. The van der Waals surface area contributed by atoms with Crippen molar-refractivity contribution >= 4 is 10.9 Å². The summed E-state index contributed by atoms with van der Waals surface area (Å²) in [4.78, 5) is 0. The van der Waals surface area contributed by atoms with Gasteiger partial charge in [-0.15, -0.1) is 0 Å². The van der Waals surface area contributed by atoms with Crippen molar-refractivity contribution in [3.8, 4) is 0 Å². The number of nitrogens with zero attached hydrogens (tertiary/aromatic N) is 1. The van der Waals surface area contributed by atoms with Crippen LogP contribution in [0.2, 0.25) is 0 Å². The second kappa shape index (κ2) is 3.44. The van der Waals surface area contributed by atoms with Crippen LogP contribution in [0.15, 0.2) is 30.5 Å². The number of fused-ring (bicyclic) bond motifs is 1. The normalized spacial score (nSPS) is 13.4. The molecular weight excluding hydrogens is 174 g/mol. The van der Waals surface area contributed by atoms with Crippen LogP contribution in [0.4, 0.5) is 0 Å². The average molecular weight is 189 g/mol. The van der Waals surface area contributed by atoms with Crippen molar-refractivity contribution in [2.45, 2.75) is 6.04 Å². The Labute approximate surface area is 83.3 Å². The minimum Gasteiger partial charge on any atom is -0.350 e. The van der Waals surface area contributed by atoms with E-state index < -0.39 is 0 Å². The van der Waals surface area contributed by atoms with Gasteiger partial charge in [-0.25, -0.2) is 0 Å². The highest BCUT2D eigenvalue weighted by molar-refractivity contribution is 5.84. The Kier molecular flexibility index (Phi) is 2.27. The Bertz CT molecular complexity index is 445. The number of benzene rings is 1. The third-order valence-electron chi connectivity index (χ3n) is 2.58. The first-order valence-corrected chi connectivity index (χ1v) is 4.73. The number of para-hydroxylation sites is 1. The minimum absolute atomic E-state index is 0.0684. The number of nitrogens with two attached hydrogens (primary N) is 2. The van der Waals surface area contributed by atoms with Crippen LogP contribution in [0.3, 0.4) is 0 Å². The summed E-state index contributed by atoms with van der Waals surface area (Å²) < 4.78 is 2.08. The number of rotatable bonds is 2. The number of aryl methyl sites for hydroxylation is 1. The topological polar surface area (TPSA) is 57.0 Å².